The minimum atomic E-state index is -0.0261. The van der Waals surface area contributed by atoms with Crippen molar-refractivity contribution >= 4 is 17.5 Å². The van der Waals surface area contributed by atoms with Crippen LogP contribution in [0.5, 0.6) is 0 Å². The van der Waals surface area contributed by atoms with E-state index in [-0.39, 0.29) is 11.1 Å². The topological polar surface area (TPSA) is 33.2 Å². The van der Waals surface area contributed by atoms with E-state index in [1.165, 1.54) is 0 Å². The van der Waals surface area contributed by atoms with E-state index in [2.05, 4.69) is 18.8 Å². The number of rotatable bonds is 5. The quantitative estimate of drug-likeness (QED) is 0.742. The van der Waals surface area contributed by atoms with Gasteiger partial charge in [-0.15, -0.1) is 0 Å². The molecule has 0 N–H and O–H groups in total. The summed E-state index contributed by atoms with van der Waals surface area (Å²) in [7, 11) is 0. The Morgan fingerprint density at radius 1 is 1.38 bits per heavy atom. The van der Waals surface area contributed by atoms with Crippen LogP contribution in [-0.4, -0.2) is 28.9 Å². The number of amides is 1. The van der Waals surface area contributed by atoms with Gasteiger partial charge in [-0.3, -0.25) is 4.79 Å². The Bertz CT molecular complexity index is 349. The Hall–Kier alpha value is -1.09. The van der Waals surface area contributed by atoms with Gasteiger partial charge in [0.15, 0.2) is 0 Å². The van der Waals surface area contributed by atoms with Crippen molar-refractivity contribution in [3.05, 3.63) is 29.0 Å². The zero-order valence-electron chi connectivity index (χ0n) is 9.74. The van der Waals surface area contributed by atoms with Gasteiger partial charge in [0.05, 0.1) is 5.56 Å². The summed E-state index contributed by atoms with van der Waals surface area (Å²) in [6.07, 6.45) is 3.48. The van der Waals surface area contributed by atoms with Crippen molar-refractivity contribution in [2.75, 3.05) is 13.1 Å². The van der Waals surface area contributed by atoms with Gasteiger partial charge < -0.3 is 4.90 Å². The number of halogens is 1. The van der Waals surface area contributed by atoms with Crippen LogP contribution in [0.3, 0.4) is 0 Å². The van der Waals surface area contributed by atoms with Crippen molar-refractivity contribution in [3.8, 4) is 0 Å². The summed E-state index contributed by atoms with van der Waals surface area (Å²) >= 11 is 5.90. The second-order valence-electron chi connectivity index (χ2n) is 3.63. The Labute approximate surface area is 101 Å². The third-order valence-electron chi connectivity index (χ3n) is 2.26. The fourth-order valence-electron chi connectivity index (χ4n) is 1.57. The predicted octanol–water partition coefficient (Wildman–Crippen LogP) is 3.00. The van der Waals surface area contributed by atoms with Gasteiger partial charge in [0.25, 0.3) is 5.91 Å². The Kier molecular flexibility index (Phi) is 5.26. The summed E-state index contributed by atoms with van der Waals surface area (Å²) in [6.45, 7) is 5.64. The molecule has 0 spiro atoms. The molecule has 1 aromatic rings. The average molecular weight is 241 g/mol. The van der Waals surface area contributed by atoms with E-state index in [0.717, 1.165) is 25.9 Å². The molecular formula is C12H17ClN2O. The van der Waals surface area contributed by atoms with Crippen LogP contribution in [0.1, 0.15) is 37.0 Å². The van der Waals surface area contributed by atoms with E-state index in [1.54, 1.807) is 18.3 Å². The van der Waals surface area contributed by atoms with Crippen LogP contribution in [-0.2, 0) is 0 Å². The lowest BCUT2D eigenvalue weighted by atomic mass is 10.2. The Morgan fingerprint density at radius 2 is 2.00 bits per heavy atom. The summed E-state index contributed by atoms with van der Waals surface area (Å²) in [4.78, 5) is 17.9. The lowest BCUT2D eigenvalue weighted by Gasteiger charge is -2.21. The van der Waals surface area contributed by atoms with E-state index in [1.807, 2.05) is 4.90 Å². The van der Waals surface area contributed by atoms with Gasteiger partial charge in [-0.25, -0.2) is 4.98 Å². The Morgan fingerprint density at radius 3 is 2.50 bits per heavy atom. The summed E-state index contributed by atoms with van der Waals surface area (Å²) in [5.41, 5.74) is 0.492. The first-order chi connectivity index (χ1) is 7.70. The number of carbonyl (C=O) groups excluding carboxylic acids is 1. The van der Waals surface area contributed by atoms with E-state index in [9.17, 15) is 4.79 Å². The fourth-order valence-corrected chi connectivity index (χ4v) is 1.77. The highest BCUT2D eigenvalue weighted by Crippen LogP contribution is 2.14. The molecular weight excluding hydrogens is 224 g/mol. The maximum atomic E-state index is 12.1. The number of aromatic nitrogens is 1. The number of hydrogen-bond donors (Lipinski definition) is 0. The van der Waals surface area contributed by atoms with Gasteiger partial charge in [0.2, 0.25) is 0 Å². The normalized spacial score (nSPS) is 10.2. The molecule has 0 aliphatic carbocycles. The highest BCUT2D eigenvalue weighted by Gasteiger charge is 2.17. The fraction of sp³-hybridized carbons (Fsp3) is 0.500. The molecule has 3 nitrogen and oxygen atoms in total. The number of pyridine rings is 1. The lowest BCUT2D eigenvalue weighted by molar-refractivity contribution is 0.0755. The van der Waals surface area contributed by atoms with E-state index in [4.69, 9.17) is 11.6 Å². The monoisotopic (exact) mass is 240 g/mol. The van der Waals surface area contributed by atoms with Crippen molar-refractivity contribution in [2.24, 2.45) is 0 Å². The molecule has 0 aliphatic heterocycles. The number of hydrogen-bond acceptors (Lipinski definition) is 2. The van der Waals surface area contributed by atoms with Crippen molar-refractivity contribution in [1.82, 2.24) is 9.88 Å². The Balaban J connectivity index is 2.85. The molecule has 0 saturated carbocycles. The van der Waals surface area contributed by atoms with E-state index in [0.29, 0.717) is 5.56 Å². The summed E-state index contributed by atoms with van der Waals surface area (Å²) < 4.78 is 0. The first-order valence-corrected chi connectivity index (χ1v) is 5.98. The van der Waals surface area contributed by atoms with E-state index < -0.39 is 0 Å². The van der Waals surface area contributed by atoms with Crippen molar-refractivity contribution in [2.45, 2.75) is 26.7 Å². The third-order valence-corrected chi connectivity index (χ3v) is 2.56. The summed E-state index contributed by atoms with van der Waals surface area (Å²) in [5.74, 6) is -0.0261. The van der Waals surface area contributed by atoms with Crippen LogP contribution >= 0.6 is 11.6 Å². The summed E-state index contributed by atoms with van der Waals surface area (Å²) in [5, 5.41) is 0.282. The standard InChI is InChI=1S/C12H17ClN2O/c1-3-8-15(9-4-2)12(16)10-6-5-7-14-11(10)13/h5-7H,3-4,8-9H2,1-2H3. The lowest BCUT2D eigenvalue weighted by Crippen LogP contribution is -2.32. The minimum absolute atomic E-state index is 0.0261. The van der Waals surface area contributed by atoms with Gasteiger partial charge in [0.1, 0.15) is 5.15 Å². The molecule has 0 saturated heterocycles. The molecule has 0 radical (unpaired) electrons. The molecule has 0 atom stereocenters. The van der Waals surface area contributed by atoms with Gasteiger partial charge in [-0.1, -0.05) is 25.4 Å². The zero-order chi connectivity index (χ0) is 12.0. The maximum Gasteiger partial charge on any atom is 0.256 e. The number of carbonyl (C=O) groups is 1. The van der Waals surface area contributed by atoms with Crippen molar-refractivity contribution in [1.29, 1.82) is 0 Å². The van der Waals surface area contributed by atoms with Crippen molar-refractivity contribution < 1.29 is 4.79 Å². The largest absolute Gasteiger partial charge is 0.339 e. The molecule has 88 valence electrons. The zero-order valence-corrected chi connectivity index (χ0v) is 10.5. The highest BCUT2D eigenvalue weighted by atomic mass is 35.5. The molecule has 0 unspecified atom stereocenters. The molecule has 16 heavy (non-hydrogen) atoms. The SMILES string of the molecule is CCCN(CCC)C(=O)c1cccnc1Cl. The van der Waals surface area contributed by atoms with Crippen LogP contribution < -0.4 is 0 Å². The molecule has 1 heterocycles. The molecule has 4 heteroatoms. The van der Waals surface area contributed by atoms with Crippen LogP contribution in [0.15, 0.2) is 18.3 Å². The molecule has 0 bridgehead atoms. The molecule has 0 fully saturated rings. The smallest absolute Gasteiger partial charge is 0.256 e. The van der Waals surface area contributed by atoms with Gasteiger partial charge in [-0.05, 0) is 25.0 Å². The van der Waals surface area contributed by atoms with Crippen LogP contribution in [0.25, 0.3) is 0 Å². The third kappa shape index (κ3) is 3.20. The first kappa shape index (κ1) is 13.0. The van der Waals surface area contributed by atoms with E-state index >= 15 is 0 Å². The second kappa shape index (κ2) is 6.48. The van der Waals surface area contributed by atoms with Crippen LogP contribution in [0, 0.1) is 0 Å². The van der Waals surface area contributed by atoms with Gasteiger partial charge >= 0.3 is 0 Å². The second-order valence-corrected chi connectivity index (χ2v) is 3.99. The molecule has 0 aliphatic rings. The highest BCUT2D eigenvalue weighted by molar-refractivity contribution is 6.32. The van der Waals surface area contributed by atoms with Gasteiger partial charge in [-0.2, -0.15) is 0 Å². The van der Waals surface area contributed by atoms with Crippen molar-refractivity contribution in [3.63, 3.8) is 0 Å². The maximum absolute atomic E-state index is 12.1. The minimum Gasteiger partial charge on any atom is -0.339 e. The van der Waals surface area contributed by atoms with Gasteiger partial charge in [0, 0.05) is 19.3 Å². The van der Waals surface area contributed by atoms with Crippen LogP contribution in [0.2, 0.25) is 5.15 Å². The predicted molar refractivity (Wildman–Crippen MR) is 65.7 cm³/mol. The summed E-state index contributed by atoms with van der Waals surface area (Å²) in [6, 6.07) is 3.45. The molecule has 0 aromatic carbocycles. The first-order valence-electron chi connectivity index (χ1n) is 5.60. The molecule has 1 amide bonds. The van der Waals surface area contributed by atoms with Crippen LogP contribution in [0.4, 0.5) is 0 Å². The molecule has 1 rings (SSSR count). The number of nitrogens with zero attached hydrogens (tertiary/aromatic N) is 2. The molecule has 1 aromatic heterocycles. The average Bonchev–Trinajstić information content (AvgIpc) is 2.28.